The SMILES string of the molecule is CCOc1ccc(/C=N\NC(=O)CN(c2cc(OC)ccc2OC)S(=O)(=O)c2ccccc2)cc1OCC. The summed E-state index contributed by atoms with van der Waals surface area (Å²) in [4.78, 5) is 12.9. The Bertz CT molecular complexity index is 1360. The first kappa shape index (κ1) is 28.3. The van der Waals surface area contributed by atoms with E-state index < -0.39 is 22.5 Å². The minimum Gasteiger partial charge on any atom is -0.497 e. The van der Waals surface area contributed by atoms with Crippen molar-refractivity contribution in [1.82, 2.24) is 5.43 Å². The molecule has 0 unspecified atom stereocenters. The normalized spacial score (nSPS) is 11.2. The van der Waals surface area contributed by atoms with Crippen LogP contribution in [0.25, 0.3) is 0 Å². The number of rotatable bonds is 13. The fraction of sp³-hybridized carbons (Fsp3) is 0.259. The largest absolute Gasteiger partial charge is 0.497 e. The summed E-state index contributed by atoms with van der Waals surface area (Å²) >= 11 is 0. The lowest BCUT2D eigenvalue weighted by Crippen LogP contribution is -2.39. The number of ether oxygens (including phenoxy) is 4. The van der Waals surface area contributed by atoms with Gasteiger partial charge >= 0.3 is 0 Å². The fourth-order valence-corrected chi connectivity index (χ4v) is 4.95. The van der Waals surface area contributed by atoms with E-state index in [2.05, 4.69) is 10.5 Å². The first-order chi connectivity index (χ1) is 18.3. The minimum atomic E-state index is -4.15. The molecule has 0 aliphatic rings. The number of methoxy groups -OCH3 is 2. The molecular formula is C27H31N3O7S. The molecule has 0 heterocycles. The summed E-state index contributed by atoms with van der Waals surface area (Å²) in [5, 5.41) is 4.00. The second kappa shape index (κ2) is 13.3. The lowest BCUT2D eigenvalue weighted by Gasteiger charge is -2.25. The molecule has 0 spiro atoms. The van der Waals surface area contributed by atoms with Crippen molar-refractivity contribution in [3.05, 3.63) is 72.3 Å². The van der Waals surface area contributed by atoms with Gasteiger partial charge in [-0.3, -0.25) is 9.10 Å². The Kier molecular flexibility index (Phi) is 9.94. The van der Waals surface area contributed by atoms with Gasteiger partial charge in [-0.1, -0.05) is 18.2 Å². The first-order valence-electron chi connectivity index (χ1n) is 11.8. The molecule has 3 aromatic rings. The third kappa shape index (κ3) is 6.94. The molecule has 1 N–H and O–H groups in total. The highest BCUT2D eigenvalue weighted by Gasteiger charge is 2.29. The third-order valence-corrected chi connectivity index (χ3v) is 7.02. The fourth-order valence-electron chi connectivity index (χ4n) is 3.50. The number of carbonyl (C=O) groups is 1. The topological polar surface area (TPSA) is 116 Å². The summed E-state index contributed by atoms with van der Waals surface area (Å²) in [6, 6.07) is 17.7. The molecule has 0 fully saturated rings. The van der Waals surface area contributed by atoms with Crippen molar-refractivity contribution in [2.24, 2.45) is 5.10 Å². The van der Waals surface area contributed by atoms with Gasteiger partial charge in [0.1, 0.15) is 18.0 Å². The van der Waals surface area contributed by atoms with Gasteiger partial charge in [-0.15, -0.1) is 0 Å². The number of hydrogen-bond acceptors (Lipinski definition) is 8. The molecule has 3 rings (SSSR count). The monoisotopic (exact) mass is 541 g/mol. The van der Waals surface area contributed by atoms with Crippen LogP contribution >= 0.6 is 0 Å². The molecule has 0 aliphatic carbocycles. The summed E-state index contributed by atoms with van der Waals surface area (Å²) < 4.78 is 50.0. The maximum atomic E-state index is 13.6. The maximum Gasteiger partial charge on any atom is 0.264 e. The highest BCUT2D eigenvalue weighted by molar-refractivity contribution is 7.92. The van der Waals surface area contributed by atoms with Crippen molar-refractivity contribution in [1.29, 1.82) is 0 Å². The van der Waals surface area contributed by atoms with Crippen LogP contribution in [0, 0.1) is 0 Å². The van der Waals surface area contributed by atoms with Crippen molar-refractivity contribution in [3.63, 3.8) is 0 Å². The van der Waals surface area contributed by atoms with E-state index >= 15 is 0 Å². The number of benzene rings is 3. The van der Waals surface area contributed by atoms with Crippen molar-refractivity contribution < 1.29 is 32.2 Å². The molecule has 0 aliphatic heterocycles. The van der Waals surface area contributed by atoms with Gasteiger partial charge in [0.15, 0.2) is 11.5 Å². The van der Waals surface area contributed by atoms with Gasteiger partial charge in [0.2, 0.25) is 0 Å². The molecule has 0 bridgehead atoms. The predicted octanol–water partition coefficient (Wildman–Crippen LogP) is 3.85. The van der Waals surface area contributed by atoms with Gasteiger partial charge < -0.3 is 18.9 Å². The summed E-state index contributed by atoms with van der Waals surface area (Å²) in [5.74, 6) is 1.13. The molecule has 202 valence electrons. The van der Waals surface area contributed by atoms with Gasteiger partial charge in [0.05, 0.1) is 44.2 Å². The molecule has 1 amide bonds. The molecule has 0 radical (unpaired) electrons. The molecule has 10 nitrogen and oxygen atoms in total. The van der Waals surface area contributed by atoms with E-state index in [0.29, 0.717) is 36.0 Å². The van der Waals surface area contributed by atoms with E-state index in [4.69, 9.17) is 18.9 Å². The Balaban J connectivity index is 1.88. The Morgan fingerprint density at radius 2 is 1.58 bits per heavy atom. The number of anilines is 1. The maximum absolute atomic E-state index is 13.6. The first-order valence-corrected chi connectivity index (χ1v) is 13.3. The Hall–Kier alpha value is -4.25. The quantitative estimate of drug-likeness (QED) is 0.258. The smallest absolute Gasteiger partial charge is 0.264 e. The van der Waals surface area contributed by atoms with Crippen LogP contribution in [0.1, 0.15) is 19.4 Å². The van der Waals surface area contributed by atoms with Crippen molar-refractivity contribution in [2.45, 2.75) is 18.7 Å². The van der Waals surface area contributed by atoms with Crippen LogP contribution in [-0.2, 0) is 14.8 Å². The van der Waals surface area contributed by atoms with Crippen LogP contribution in [0.5, 0.6) is 23.0 Å². The van der Waals surface area contributed by atoms with E-state index in [-0.39, 0.29) is 16.3 Å². The van der Waals surface area contributed by atoms with Crippen molar-refractivity contribution in [3.8, 4) is 23.0 Å². The summed E-state index contributed by atoms with van der Waals surface area (Å²) in [6.07, 6.45) is 1.43. The Morgan fingerprint density at radius 3 is 2.24 bits per heavy atom. The third-order valence-electron chi connectivity index (χ3n) is 5.24. The molecule has 11 heteroatoms. The minimum absolute atomic E-state index is 0.0130. The average Bonchev–Trinajstić information content (AvgIpc) is 2.93. The highest BCUT2D eigenvalue weighted by atomic mass is 32.2. The molecule has 38 heavy (non-hydrogen) atoms. The number of hydrazone groups is 1. The zero-order valence-electron chi connectivity index (χ0n) is 21.7. The number of nitrogens with one attached hydrogen (secondary N) is 1. The van der Waals surface area contributed by atoms with Crippen LogP contribution in [0.4, 0.5) is 5.69 Å². The van der Waals surface area contributed by atoms with Crippen LogP contribution in [0.3, 0.4) is 0 Å². The zero-order valence-corrected chi connectivity index (χ0v) is 22.5. The lowest BCUT2D eigenvalue weighted by atomic mass is 10.2. The highest BCUT2D eigenvalue weighted by Crippen LogP contribution is 2.35. The standard InChI is InChI=1S/C27H31N3O7S/c1-5-36-25-14-12-20(16-26(25)37-6-2)18-28-29-27(31)19-30(38(32,33)22-10-8-7-9-11-22)23-17-21(34-3)13-15-24(23)35-4/h7-18H,5-6,19H2,1-4H3,(H,29,31)/b28-18-. The second-order valence-corrected chi connectivity index (χ2v) is 9.59. The second-order valence-electron chi connectivity index (χ2n) is 7.73. The number of nitrogens with zero attached hydrogens (tertiary/aromatic N) is 2. The van der Waals surface area contributed by atoms with E-state index in [1.807, 2.05) is 13.8 Å². The number of hydrogen-bond donors (Lipinski definition) is 1. The van der Waals surface area contributed by atoms with Crippen LogP contribution in [-0.4, -0.2) is 54.5 Å². The average molecular weight is 542 g/mol. The number of carbonyl (C=O) groups excluding carboxylic acids is 1. The van der Waals surface area contributed by atoms with Crippen LogP contribution < -0.4 is 28.7 Å². The molecule has 0 aromatic heterocycles. The van der Waals surface area contributed by atoms with Gasteiger partial charge in [0, 0.05) is 6.07 Å². The van der Waals surface area contributed by atoms with Crippen LogP contribution in [0.2, 0.25) is 0 Å². The van der Waals surface area contributed by atoms with Crippen molar-refractivity contribution >= 4 is 27.8 Å². The number of amides is 1. The van der Waals surface area contributed by atoms with E-state index in [1.54, 1.807) is 48.5 Å². The van der Waals surface area contributed by atoms with Gasteiger partial charge in [-0.05, 0) is 61.9 Å². The van der Waals surface area contributed by atoms with Crippen LogP contribution in [0.15, 0.2) is 76.7 Å². The molecule has 0 saturated carbocycles. The predicted molar refractivity (Wildman–Crippen MR) is 145 cm³/mol. The molecule has 3 aromatic carbocycles. The van der Waals surface area contributed by atoms with Gasteiger partial charge in [0.25, 0.3) is 15.9 Å². The number of sulfonamides is 1. The zero-order chi connectivity index (χ0) is 27.5. The molecule has 0 saturated heterocycles. The summed E-state index contributed by atoms with van der Waals surface area (Å²) in [7, 11) is -1.28. The van der Waals surface area contributed by atoms with E-state index in [0.717, 1.165) is 4.31 Å². The summed E-state index contributed by atoms with van der Waals surface area (Å²) in [6.45, 7) is 4.12. The van der Waals surface area contributed by atoms with Crippen molar-refractivity contribution in [2.75, 3.05) is 38.3 Å². The lowest BCUT2D eigenvalue weighted by molar-refractivity contribution is -0.119. The van der Waals surface area contributed by atoms with E-state index in [9.17, 15) is 13.2 Å². The van der Waals surface area contributed by atoms with Gasteiger partial charge in [-0.25, -0.2) is 13.8 Å². The molecular weight excluding hydrogens is 510 g/mol. The summed E-state index contributed by atoms with van der Waals surface area (Å²) in [5.41, 5.74) is 3.19. The van der Waals surface area contributed by atoms with Gasteiger partial charge in [-0.2, -0.15) is 5.10 Å². The van der Waals surface area contributed by atoms with E-state index in [1.165, 1.54) is 38.6 Å². The molecule has 0 atom stereocenters. The Labute approximate surface area is 222 Å². The Morgan fingerprint density at radius 1 is 0.895 bits per heavy atom.